The van der Waals surface area contributed by atoms with Crippen LogP contribution in [0.3, 0.4) is 0 Å². The Morgan fingerprint density at radius 2 is 1.40 bits per heavy atom. The summed E-state index contributed by atoms with van der Waals surface area (Å²) >= 11 is 5.70. The van der Waals surface area contributed by atoms with Crippen LogP contribution in [0.1, 0.15) is 16.7 Å². The first-order chi connectivity index (χ1) is 11.5. The number of hydrogen-bond acceptors (Lipinski definition) is 0. The van der Waals surface area contributed by atoms with Crippen LogP contribution in [-0.2, 0) is 6.18 Å². The van der Waals surface area contributed by atoms with Crippen LogP contribution in [0.15, 0.2) is 54.6 Å². The summed E-state index contributed by atoms with van der Waals surface area (Å²) in [6.07, 6.45) is -9.05. The van der Waals surface area contributed by atoms with Gasteiger partial charge in [-0.1, -0.05) is 35.6 Å². The fourth-order valence-corrected chi connectivity index (χ4v) is 1.99. The smallest absolute Gasteiger partial charge is 0.167 e. The topological polar surface area (TPSA) is 0 Å². The third kappa shape index (κ3) is 5.87. The maximum Gasteiger partial charge on any atom is 0.416 e. The molecule has 0 saturated carbocycles. The monoisotopic (exact) mass is 374 g/mol. The lowest BCUT2D eigenvalue weighted by Crippen LogP contribution is -2.04. The normalized spacial score (nSPS) is 12.5. The Hall–Kier alpha value is -2.39. The van der Waals surface area contributed by atoms with Crippen LogP contribution in [0, 0.1) is 11.8 Å². The Morgan fingerprint density at radius 1 is 0.840 bits per heavy atom. The molecule has 0 aliphatic rings. The predicted molar refractivity (Wildman–Crippen MR) is 83.8 cm³/mol. The summed E-state index contributed by atoms with van der Waals surface area (Å²) < 4.78 is 75.5. The Kier molecular flexibility index (Phi) is 5.48. The second-order valence-electron chi connectivity index (χ2n) is 4.93. The first kappa shape index (κ1) is 18.9. The van der Waals surface area contributed by atoms with Gasteiger partial charge in [-0.25, -0.2) is 0 Å². The van der Waals surface area contributed by atoms with E-state index >= 15 is 0 Å². The molecule has 2 rings (SSSR count). The van der Waals surface area contributed by atoms with E-state index in [0.717, 1.165) is 24.3 Å². The van der Waals surface area contributed by atoms with Crippen LogP contribution in [0.25, 0.3) is 5.57 Å². The van der Waals surface area contributed by atoms with Crippen molar-refractivity contribution in [3.8, 4) is 11.8 Å². The van der Waals surface area contributed by atoms with Crippen molar-refractivity contribution in [1.29, 1.82) is 0 Å². The highest BCUT2D eigenvalue weighted by Crippen LogP contribution is 2.29. The first-order valence-electron chi connectivity index (χ1n) is 6.79. The van der Waals surface area contributed by atoms with E-state index in [1.54, 1.807) is 0 Å². The van der Waals surface area contributed by atoms with Gasteiger partial charge in [0.15, 0.2) is 0 Å². The molecule has 0 spiro atoms. The third-order valence-corrected chi connectivity index (χ3v) is 3.27. The minimum absolute atomic E-state index is 0.0350. The SMILES string of the molecule is FC(F)(F)/C=C(\C#Cc1ccc(C(F)(F)F)cc1)c1ccc(Cl)cc1. The molecule has 0 N–H and O–H groups in total. The molecule has 0 heterocycles. The van der Waals surface area contributed by atoms with Crippen LogP contribution in [0.4, 0.5) is 26.3 Å². The summed E-state index contributed by atoms with van der Waals surface area (Å²) in [5.74, 6) is 4.79. The molecule has 0 nitrogen and oxygen atoms in total. The van der Waals surface area contributed by atoms with E-state index in [-0.39, 0.29) is 22.8 Å². The van der Waals surface area contributed by atoms with Crippen molar-refractivity contribution in [1.82, 2.24) is 0 Å². The van der Waals surface area contributed by atoms with Gasteiger partial charge in [0, 0.05) is 22.2 Å². The Balaban J connectivity index is 2.37. The maximum atomic E-state index is 12.7. The van der Waals surface area contributed by atoms with Gasteiger partial charge in [0.2, 0.25) is 0 Å². The van der Waals surface area contributed by atoms with E-state index in [1.807, 2.05) is 0 Å². The molecule has 25 heavy (non-hydrogen) atoms. The number of alkyl halides is 6. The van der Waals surface area contributed by atoms with E-state index in [4.69, 9.17) is 11.6 Å². The number of rotatable bonds is 1. The molecule has 0 unspecified atom stereocenters. The van der Waals surface area contributed by atoms with Gasteiger partial charge in [0.1, 0.15) is 0 Å². The van der Waals surface area contributed by atoms with E-state index in [2.05, 4.69) is 11.8 Å². The van der Waals surface area contributed by atoms with Crippen molar-refractivity contribution in [2.45, 2.75) is 12.4 Å². The van der Waals surface area contributed by atoms with Gasteiger partial charge in [-0.3, -0.25) is 0 Å². The van der Waals surface area contributed by atoms with E-state index < -0.39 is 17.9 Å². The van der Waals surface area contributed by atoms with Gasteiger partial charge in [-0.2, -0.15) is 26.3 Å². The molecular weight excluding hydrogens is 366 g/mol. The van der Waals surface area contributed by atoms with Crippen molar-refractivity contribution in [2.24, 2.45) is 0 Å². The van der Waals surface area contributed by atoms with Crippen LogP contribution < -0.4 is 0 Å². The van der Waals surface area contributed by atoms with Gasteiger partial charge in [-0.15, -0.1) is 0 Å². The van der Waals surface area contributed by atoms with Crippen molar-refractivity contribution < 1.29 is 26.3 Å². The summed E-state index contributed by atoms with van der Waals surface area (Å²) in [4.78, 5) is 0. The van der Waals surface area contributed by atoms with Crippen LogP contribution in [0.5, 0.6) is 0 Å². The molecule has 2 aromatic carbocycles. The van der Waals surface area contributed by atoms with Crippen molar-refractivity contribution in [2.75, 3.05) is 0 Å². The largest absolute Gasteiger partial charge is 0.416 e. The minimum Gasteiger partial charge on any atom is -0.167 e. The van der Waals surface area contributed by atoms with Gasteiger partial charge in [-0.05, 0) is 42.0 Å². The first-order valence-corrected chi connectivity index (χ1v) is 7.17. The molecule has 7 heteroatoms. The number of allylic oxidation sites excluding steroid dienone is 2. The molecule has 0 amide bonds. The average Bonchev–Trinajstić information content (AvgIpc) is 2.51. The van der Waals surface area contributed by atoms with Crippen molar-refractivity contribution >= 4 is 17.2 Å². The van der Waals surface area contributed by atoms with Crippen LogP contribution in [-0.4, -0.2) is 6.18 Å². The lowest BCUT2D eigenvalue weighted by atomic mass is 10.0. The molecule has 0 aliphatic carbocycles. The van der Waals surface area contributed by atoms with E-state index in [9.17, 15) is 26.3 Å². The highest BCUT2D eigenvalue weighted by molar-refractivity contribution is 6.30. The summed E-state index contributed by atoms with van der Waals surface area (Å²) in [6, 6.07) is 9.43. The zero-order chi connectivity index (χ0) is 18.7. The summed E-state index contributed by atoms with van der Waals surface area (Å²) in [7, 11) is 0. The summed E-state index contributed by atoms with van der Waals surface area (Å²) in [5.41, 5.74) is -0.818. The fourth-order valence-electron chi connectivity index (χ4n) is 1.87. The molecule has 130 valence electrons. The molecule has 0 atom stereocenters. The Bertz CT molecular complexity index is 816. The lowest BCUT2D eigenvalue weighted by molar-refractivity contribution is -0.137. The standard InChI is InChI=1S/C18H9ClF6/c19-16-9-5-13(6-10-16)14(11-17(20,21)22)4-1-12-2-7-15(8-3-12)18(23,24)25/h2-3,5-11H/b14-11+. The quantitative estimate of drug-likeness (QED) is 0.402. The highest BCUT2D eigenvalue weighted by atomic mass is 35.5. The fraction of sp³-hybridized carbons (Fsp3) is 0.111. The molecule has 0 fully saturated rings. The molecule has 0 saturated heterocycles. The number of hydrogen-bond donors (Lipinski definition) is 0. The zero-order valence-corrected chi connectivity index (χ0v) is 13.1. The predicted octanol–water partition coefficient (Wildman–Crippen LogP) is 6.36. The van der Waals surface area contributed by atoms with Gasteiger partial charge >= 0.3 is 12.4 Å². The van der Waals surface area contributed by atoms with Crippen LogP contribution >= 0.6 is 11.6 Å². The molecule has 2 aromatic rings. The van der Waals surface area contributed by atoms with E-state index in [1.165, 1.54) is 24.3 Å². The Labute approximate surface area is 144 Å². The van der Waals surface area contributed by atoms with E-state index in [0.29, 0.717) is 5.02 Å². The second-order valence-corrected chi connectivity index (χ2v) is 5.37. The lowest BCUT2D eigenvalue weighted by Gasteiger charge is -2.06. The highest BCUT2D eigenvalue weighted by Gasteiger charge is 2.29. The summed E-state index contributed by atoms with van der Waals surface area (Å²) in [6.45, 7) is 0. The maximum absolute atomic E-state index is 12.7. The molecule has 0 aliphatic heterocycles. The van der Waals surface area contributed by atoms with Gasteiger partial charge < -0.3 is 0 Å². The zero-order valence-electron chi connectivity index (χ0n) is 12.3. The molecule has 0 radical (unpaired) electrons. The summed E-state index contributed by atoms with van der Waals surface area (Å²) in [5, 5.41) is 0.353. The second kappa shape index (κ2) is 7.24. The molecule has 0 bridgehead atoms. The van der Waals surface area contributed by atoms with Gasteiger partial charge in [0.25, 0.3) is 0 Å². The molecular formula is C18H9ClF6. The van der Waals surface area contributed by atoms with Gasteiger partial charge in [0.05, 0.1) is 5.56 Å². The number of halogens is 7. The number of benzene rings is 2. The third-order valence-electron chi connectivity index (χ3n) is 3.02. The minimum atomic E-state index is -4.59. The molecule has 0 aromatic heterocycles. The Morgan fingerprint density at radius 3 is 1.88 bits per heavy atom. The van der Waals surface area contributed by atoms with Crippen molar-refractivity contribution in [3.05, 3.63) is 76.3 Å². The average molecular weight is 375 g/mol. The van der Waals surface area contributed by atoms with Crippen molar-refractivity contribution in [3.63, 3.8) is 0 Å². The van der Waals surface area contributed by atoms with Crippen LogP contribution in [0.2, 0.25) is 5.02 Å².